The van der Waals surface area contributed by atoms with E-state index in [1.165, 1.54) is 4.90 Å². The maximum Gasteiger partial charge on any atom is 0.407 e. The fourth-order valence-corrected chi connectivity index (χ4v) is 1.55. The molecular weight excluding hydrogens is 182 g/mol. The van der Waals surface area contributed by atoms with Crippen LogP contribution in [-0.2, 0) is 0 Å². The topological polar surface area (TPSA) is 53.7 Å². The van der Waals surface area contributed by atoms with E-state index in [-0.39, 0.29) is 0 Å². The number of hydrogen-bond donors (Lipinski definition) is 1. The quantitative estimate of drug-likeness (QED) is 0.742. The van der Waals surface area contributed by atoms with E-state index in [1.807, 2.05) is 12.1 Å². The summed E-state index contributed by atoms with van der Waals surface area (Å²) < 4.78 is 4.97. The summed E-state index contributed by atoms with van der Waals surface area (Å²) in [5.41, 5.74) is 2.21. The van der Waals surface area contributed by atoms with E-state index in [1.54, 1.807) is 12.5 Å². The first-order valence-electron chi connectivity index (χ1n) is 4.47. The van der Waals surface area contributed by atoms with E-state index in [2.05, 4.69) is 0 Å². The third-order valence-electron chi connectivity index (χ3n) is 2.37. The summed E-state index contributed by atoms with van der Waals surface area (Å²) in [7, 11) is 0. The summed E-state index contributed by atoms with van der Waals surface area (Å²) >= 11 is 0. The van der Waals surface area contributed by atoms with Crippen molar-refractivity contribution < 1.29 is 14.3 Å². The minimum Gasteiger partial charge on any atom is -0.472 e. The molecular formula is C10H11NO3. The summed E-state index contributed by atoms with van der Waals surface area (Å²) in [5.74, 6) is 0. The molecule has 0 saturated carbocycles. The SMILES string of the molecule is O=C(O)N1CC=C(c2ccoc2)CC1. The Hall–Kier alpha value is -1.71. The summed E-state index contributed by atoms with van der Waals surface area (Å²) in [5, 5.41) is 8.73. The van der Waals surface area contributed by atoms with Gasteiger partial charge in [0.1, 0.15) is 0 Å². The van der Waals surface area contributed by atoms with Gasteiger partial charge in [0.15, 0.2) is 0 Å². The molecule has 0 saturated heterocycles. The lowest BCUT2D eigenvalue weighted by molar-refractivity contribution is 0.150. The second kappa shape index (κ2) is 3.57. The van der Waals surface area contributed by atoms with Crippen LogP contribution < -0.4 is 0 Å². The predicted molar refractivity (Wildman–Crippen MR) is 50.9 cm³/mol. The molecule has 14 heavy (non-hydrogen) atoms. The van der Waals surface area contributed by atoms with Gasteiger partial charge in [-0.2, -0.15) is 0 Å². The number of nitrogens with zero attached hydrogens (tertiary/aromatic N) is 1. The predicted octanol–water partition coefficient (Wildman–Crippen LogP) is 2.05. The van der Waals surface area contributed by atoms with Gasteiger partial charge < -0.3 is 14.4 Å². The molecule has 0 fully saturated rings. The highest BCUT2D eigenvalue weighted by atomic mass is 16.4. The van der Waals surface area contributed by atoms with Crippen molar-refractivity contribution >= 4 is 11.7 Å². The molecule has 0 aromatic carbocycles. The fourth-order valence-electron chi connectivity index (χ4n) is 1.55. The van der Waals surface area contributed by atoms with Crippen LogP contribution >= 0.6 is 0 Å². The largest absolute Gasteiger partial charge is 0.472 e. The van der Waals surface area contributed by atoms with Crippen molar-refractivity contribution in [2.45, 2.75) is 6.42 Å². The van der Waals surface area contributed by atoms with E-state index in [9.17, 15) is 4.79 Å². The van der Waals surface area contributed by atoms with Crippen molar-refractivity contribution in [2.24, 2.45) is 0 Å². The molecule has 1 N–H and O–H groups in total. The molecule has 0 unspecified atom stereocenters. The van der Waals surface area contributed by atoms with Gasteiger partial charge in [0.25, 0.3) is 0 Å². The van der Waals surface area contributed by atoms with Gasteiger partial charge in [-0.1, -0.05) is 6.08 Å². The molecule has 2 rings (SSSR count). The van der Waals surface area contributed by atoms with Gasteiger partial charge >= 0.3 is 6.09 Å². The number of hydrogen-bond acceptors (Lipinski definition) is 2. The highest BCUT2D eigenvalue weighted by Crippen LogP contribution is 2.22. The first-order chi connectivity index (χ1) is 6.77. The Bertz CT molecular complexity index is 353. The first kappa shape index (κ1) is 8.87. The molecule has 0 radical (unpaired) electrons. The molecule has 1 aromatic rings. The molecule has 1 aliphatic heterocycles. The third kappa shape index (κ3) is 1.64. The number of carbonyl (C=O) groups is 1. The van der Waals surface area contributed by atoms with Crippen molar-refractivity contribution in [3.8, 4) is 0 Å². The average molecular weight is 193 g/mol. The summed E-state index contributed by atoms with van der Waals surface area (Å²) in [6.07, 6.45) is 5.14. The maximum absolute atomic E-state index is 10.6. The van der Waals surface area contributed by atoms with Crippen LogP contribution in [0.15, 0.2) is 29.1 Å². The Morgan fingerprint density at radius 3 is 2.93 bits per heavy atom. The Morgan fingerprint density at radius 1 is 1.57 bits per heavy atom. The van der Waals surface area contributed by atoms with Crippen molar-refractivity contribution in [3.63, 3.8) is 0 Å². The molecule has 0 aliphatic carbocycles. The van der Waals surface area contributed by atoms with Gasteiger partial charge in [-0.3, -0.25) is 0 Å². The van der Waals surface area contributed by atoms with Crippen LogP contribution in [0.3, 0.4) is 0 Å². The molecule has 2 heterocycles. The van der Waals surface area contributed by atoms with Gasteiger partial charge in [-0.25, -0.2) is 4.79 Å². The molecule has 74 valence electrons. The zero-order chi connectivity index (χ0) is 9.97. The van der Waals surface area contributed by atoms with Gasteiger partial charge in [0.05, 0.1) is 12.5 Å². The summed E-state index contributed by atoms with van der Waals surface area (Å²) in [4.78, 5) is 12.0. The molecule has 4 heteroatoms. The normalized spacial score (nSPS) is 16.6. The van der Waals surface area contributed by atoms with Crippen molar-refractivity contribution in [2.75, 3.05) is 13.1 Å². The van der Waals surface area contributed by atoms with Crippen molar-refractivity contribution in [1.29, 1.82) is 0 Å². The summed E-state index contributed by atoms with van der Waals surface area (Å²) in [6.45, 7) is 1.03. The summed E-state index contributed by atoms with van der Waals surface area (Å²) in [6, 6.07) is 1.89. The van der Waals surface area contributed by atoms with Crippen LogP contribution in [-0.4, -0.2) is 29.2 Å². The lowest BCUT2D eigenvalue weighted by Crippen LogP contribution is -2.33. The minimum absolute atomic E-state index is 0.468. The van der Waals surface area contributed by atoms with Gasteiger partial charge in [0, 0.05) is 18.7 Å². The molecule has 0 spiro atoms. The monoisotopic (exact) mass is 193 g/mol. The molecule has 1 aliphatic rings. The van der Waals surface area contributed by atoms with E-state index < -0.39 is 6.09 Å². The maximum atomic E-state index is 10.6. The third-order valence-corrected chi connectivity index (χ3v) is 2.37. The Labute approximate surface area is 81.4 Å². The van der Waals surface area contributed by atoms with Crippen molar-refractivity contribution in [3.05, 3.63) is 30.2 Å². The van der Waals surface area contributed by atoms with E-state index >= 15 is 0 Å². The van der Waals surface area contributed by atoms with E-state index in [0.717, 1.165) is 17.6 Å². The lowest BCUT2D eigenvalue weighted by atomic mass is 10.0. The minimum atomic E-state index is -0.854. The van der Waals surface area contributed by atoms with Crippen LogP contribution in [0.4, 0.5) is 4.79 Å². The number of carboxylic acid groups (broad SMARTS) is 1. The zero-order valence-corrected chi connectivity index (χ0v) is 7.64. The average Bonchev–Trinajstić information content (AvgIpc) is 2.71. The van der Waals surface area contributed by atoms with Crippen LogP contribution in [0, 0.1) is 0 Å². The molecule has 1 amide bonds. The zero-order valence-electron chi connectivity index (χ0n) is 7.64. The number of rotatable bonds is 1. The van der Waals surface area contributed by atoms with Crippen LogP contribution in [0.2, 0.25) is 0 Å². The van der Waals surface area contributed by atoms with Gasteiger partial charge in [-0.15, -0.1) is 0 Å². The fraction of sp³-hybridized carbons (Fsp3) is 0.300. The van der Waals surface area contributed by atoms with Crippen molar-refractivity contribution in [1.82, 2.24) is 4.90 Å². The second-order valence-corrected chi connectivity index (χ2v) is 3.22. The van der Waals surface area contributed by atoms with Gasteiger partial charge in [0.2, 0.25) is 0 Å². The lowest BCUT2D eigenvalue weighted by Gasteiger charge is -2.23. The van der Waals surface area contributed by atoms with Crippen LogP contribution in [0.5, 0.6) is 0 Å². The highest BCUT2D eigenvalue weighted by Gasteiger charge is 2.16. The second-order valence-electron chi connectivity index (χ2n) is 3.22. The van der Waals surface area contributed by atoms with E-state index in [4.69, 9.17) is 9.52 Å². The molecule has 4 nitrogen and oxygen atoms in total. The number of furan rings is 1. The Morgan fingerprint density at radius 2 is 2.43 bits per heavy atom. The number of amides is 1. The van der Waals surface area contributed by atoms with E-state index in [0.29, 0.717) is 13.1 Å². The van der Waals surface area contributed by atoms with Gasteiger partial charge in [-0.05, 0) is 18.1 Å². The molecule has 1 aromatic heterocycles. The Balaban J connectivity index is 2.09. The standard InChI is InChI=1S/C10H11NO3/c12-10(13)11-4-1-8(2-5-11)9-3-6-14-7-9/h1,3,6-7H,2,4-5H2,(H,12,13). The first-order valence-corrected chi connectivity index (χ1v) is 4.47. The molecule has 0 bridgehead atoms. The molecule has 0 atom stereocenters. The van der Waals surface area contributed by atoms with Crippen LogP contribution in [0.25, 0.3) is 5.57 Å². The smallest absolute Gasteiger partial charge is 0.407 e. The van der Waals surface area contributed by atoms with Crippen LogP contribution in [0.1, 0.15) is 12.0 Å². The highest BCUT2D eigenvalue weighted by molar-refractivity contribution is 5.70. The Kier molecular flexibility index (Phi) is 2.26.